The molecule has 1 N–H and O–H groups in total. The van der Waals surface area contributed by atoms with Gasteiger partial charge in [-0.2, -0.15) is 0 Å². The van der Waals surface area contributed by atoms with Crippen LogP contribution in [0.2, 0.25) is 0 Å². The Kier molecular flexibility index (Phi) is 10.8. The molecule has 0 unspecified atom stereocenters. The van der Waals surface area contributed by atoms with Gasteiger partial charge in [0.05, 0.1) is 6.61 Å². The first-order chi connectivity index (χ1) is 9.54. The Hall–Kier alpha value is -1.26. The molecule has 0 aromatic heterocycles. The van der Waals surface area contributed by atoms with E-state index in [1.54, 1.807) is 6.92 Å². The fraction of sp³-hybridized carbons (Fsp3) is 0.867. The van der Waals surface area contributed by atoms with Gasteiger partial charge in [-0.3, -0.25) is 4.90 Å². The molecule has 0 fully saturated rings. The Labute approximate surface area is 122 Å². The number of unbranched alkanes of at least 4 members (excludes halogenated alkanes) is 6. The van der Waals surface area contributed by atoms with Crippen molar-refractivity contribution in [1.29, 1.82) is 0 Å². The van der Waals surface area contributed by atoms with Crippen LogP contribution >= 0.6 is 0 Å². The minimum atomic E-state index is -0.999. The third kappa shape index (κ3) is 8.02. The van der Waals surface area contributed by atoms with Gasteiger partial charge in [-0.05, 0) is 20.3 Å². The van der Waals surface area contributed by atoms with Crippen molar-refractivity contribution in [3.8, 4) is 0 Å². The van der Waals surface area contributed by atoms with Crippen LogP contribution in [0, 0.1) is 0 Å². The van der Waals surface area contributed by atoms with Crippen molar-refractivity contribution in [2.24, 2.45) is 0 Å². The monoisotopic (exact) mass is 287 g/mol. The molecule has 0 rings (SSSR count). The lowest BCUT2D eigenvalue weighted by Crippen LogP contribution is -2.44. The van der Waals surface area contributed by atoms with Crippen molar-refractivity contribution in [3.05, 3.63) is 0 Å². The van der Waals surface area contributed by atoms with Crippen LogP contribution in [0.25, 0.3) is 0 Å². The van der Waals surface area contributed by atoms with E-state index in [4.69, 9.17) is 9.84 Å². The summed E-state index contributed by atoms with van der Waals surface area (Å²) in [6.07, 6.45) is 7.41. The van der Waals surface area contributed by atoms with Crippen molar-refractivity contribution in [3.63, 3.8) is 0 Å². The summed E-state index contributed by atoms with van der Waals surface area (Å²) in [5, 5.41) is 9.02. The van der Waals surface area contributed by atoms with Crippen molar-refractivity contribution < 1.29 is 19.4 Å². The number of carbonyl (C=O) groups excluding carboxylic acids is 1. The molecule has 0 bridgehead atoms. The highest BCUT2D eigenvalue weighted by Crippen LogP contribution is 2.10. The summed E-state index contributed by atoms with van der Waals surface area (Å²) < 4.78 is 4.91. The average molecular weight is 287 g/mol. The molecule has 0 spiro atoms. The maximum absolute atomic E-state index is 11.7. The van der Waals surface area contributed by atoms with E-state index in [-0.39, 0.29) is 6.61 Å². The SMILES string of the molecule is CCCCCCCCCN(C(=O)OCC)[C@@H](C)C(=O)O. The maximum Gasteiger partial charge on any atom is 0.410 e. The molecule has 1 amide bonds. The average Bonchev–Trinajstić information content (AvgIpc) is 2.41. The zero-order chi connectivity index (χ0) is 15.4. The standard InChI is InChI=1S/C15H29NO4/c1-4-6-7-8-9-10-11-12-16(13(3)14(17)18)15(19)20-5-2/h13H,4-12H2,1-3H3,(H,17,18)/t13-/m0/s1. The summed E-state index contributed by atoms with van der Waals surface area (Å²) in [7, 11) is 0. The molecule has 0 aromatic carbocycles. The highest BCUT2D eigenvalue weighted by Gasteiger charge is 2.25. The summed E-state index contributed by atoms with van der Waals surface area (Å²) in [6, 6.07) is -0.839. The predicted molar refractivity (Wildman–Crippen MR) is 78.8 cm³/mol. The first-order valence-electron chi connectivity index (χ1n) is 7.70. The van der Waals surface area contributed by atoms with E-state index in [0.29, 0.717) is 6.54 Å². The van der Waals surface area contributed by atoms with Gasteiger partial charge < -0.3 is 9.84 Å². The number of hydrogen-bond acceptors (Lipinski definition) is 3. The van der Waals surface area contributed by atoms with Gasteiger partial charge in [0.1, 0.15) is 6.04 Å². The number of ether oxygens (including phenoxy) is 1. The normalized spacial score (nSPS) is 11.9. The Balaban J connectivity index is 4.04. The topological polar surface area (TPSA) is 66.8 Å². The molecule has 0 aliphatic heterocycles. The van der Waals surface area contributed by atoms with Crippen LogP contribution in [-0.2, 0) is 9.53 Å². The third-order valence-electron chi connectivity index (χ3n) is 3.33. The van der Waals surface area contributed by atoms with Crippen LogP contribution < -0.4 is 0 Å². The van der Waals surface area contributed by atoms with E-state index in [9.17, 15) is 9.59 Å². The van der Waals surface area contributed by atoms with E-state index >= 15 is 0 Å². The lowest BCUT2D eigenvalue weighted by molar-refractivity contribution is -0.142. The number of nitrogens with zero attached hydrogens (tertiary/aromatic N) is 1. The van der Waals surface area contributed by atoms with Crippen molar-refractivity contribution >= 4 is 12.1 Å². The molecule has 20 heavy (non-hydrogen) atoms. The van der Waals surface area contributed by atoms with Crippen molar-refractivity contribution in [2.75, 3.05) is 13.2 Å². The van der Waals surface area contributed by atoms with Crippen molar-refractivity contribution in [2.45, 2.75) is 71.8 Å². The molecule has 0 saturated carbocycles. The molecule has 5 heteroatoms. The second-order valence-electron chi connectivity index (χ2n) is 5.03. The zero-order valence-corrected chi connectivity index (χ0v) is 13.1. The number of carboxylic acid groups (broad SMARTS) is 1. The summed E-state index contributed by atoms with van der Waals surface area (Å²) in [5.74, 6) is -0.999. The van der Waals surface area contributed by atoms with Crippen LogP contribution in [-0.4, -0.2) is 41.3 Å². The zero-order valence-electron chi connectivity index (χ0n) is 13.1. The van der Waals surface area contributed by atoms with Gasteiger partial charge in [-0.1, -0.05) is 45.4 Å². The van der Waals surface area contributed by atoms with Gasteiger partial charge in [-0.25, -0.2) is 9.59 Å². The van der Waals surface area contributed by atoms with Crippen LogP contribution in [0.5, 0.6) is 0 Å². The number of carboxylic acids is 1. The molecule has 1 atom stereocenters. The lowest BCUT2D eigenvalue weighted by Gasteiger charge is -2.25. The fourth-order valence-corrected chi connectivity index (χ4v) is 2.02. The molecular weight excluding hydrogens is 258 g/mol. The molecule has 0 aromatic rings. The molecule has 5 nitrogen and oxygen atoms in total. The van der Waals surface area contributed by atoms with Gasteiger partial charge in [0.25, 0.3) is 0 Å². The lowest BCUT2D eigenvalue weighted by atomic mass is 10.1. The van der Waals surface area contributed by atoms with Crippen LogP contribution in [0.1, 0.15) is 65.7 Å². The Morgan fingerprint density at radius 1 is 1.05 bits per heavy atom. The predicted octanol–water partition coefficient (Wildman–Crippen LogP) is 3.67. The highest BCUT2D eigenvalue weighted by atomic mass is 16.6. The van der Waals surface area contributed by atoms with Crippen LogP contribution in [0.4, 0.5) is 4.79 Å². The van der Waals surface area contributed by atoms with E-state index in [1.165, 1.54) is 37.5 Å². The summed E-state index contributed by atoms with van der Waals surface area (Å²) in [4.78, 5) is 24.0. The van der Waals surface area contributed by atoms with Crippen molar-refractivity contribution in [1.82, 2.24) is 4.90 Å². The summed E-state index contributed by atoms with van der Waals surface area (Å²) >= 11 is 0. The second-order valence-corrected chi connectivity index (χ2v) is 5.03. The van der Waals surface area contributed by atoms with Gasteiger partial charge in [0.2, 0.25) is 0 Å². The van der Waals surface area contributed by atoms with Crippen LogP contribution in [0.15, 0.2) is 0 Å². The van der Waals surface area contributed by atoms with Gasteiger partial charge in [-0.15, -0.1) is 0 Å². The third-order valence-corrected chi connectivity index (χ3v) is 3.33. The number of rotatable bonds is 11. The molecule has 0 aliphatic rings. The quantitative estimate of drug-likeness (QED) is 0.589. The first kappa shape index (κ1) is 18.7. The highest BCUT2D eigenvalue weighted by molar-refractivity contribution is 5.79. The number of hydrogen-bond donors (Lipinski definition) is 1. The molecule has 0 radical (unpaired) electrons. The summed E-state index contributed by atoms with van der Waals surface area (Å²) in [6.45, 7) is 6.12. The van der Waals surface area contributed by atoms with Gasteiger partial charge in [0, 0.05) is 6.54 Å². The number of carbonyl (C=O) groups is 2. The van der Waals surface area contributed by atoms with E-state index < -0.39 is 18.1 Å². The second kappa shape index (κ2) is 11.6. The molecule has 0 saturated heterocycles. The van der Waals surface area contributed by atoms with Crippen LogP contribution in [0.3, 0.4) is 0 Å². The Bertz CT molecular complexity index is 281. The minimum Gasteiger partial charge on any atom is -0.480 e. The Morgan fingerprint density at radius 2 is 1.60 bits per heavy atom. The maximum atomic E-state index is 11.7. The van der Waals surface area contributed by atoms with E-state index in [1.807, 2.05) is 0 Å². The number of amides is 1. The van der Waals surface area contributed by atoms with E-state index in [2.05, 4.69) is 6.92 Å². The molecule has 118 valence electrons. The fourth-order valence-electron chi connectivity index (χ4n) is 2.02. The Morgan fingerprint density at radius 3 is 2.10 bits per heavy atom. The number of aliphatic carboxylic acids is 1. The van der Waals surface area contributed by atoms with E-state index in [0.717, 1.165) is 19.3 Å². The first-order valence-corrected chi connectivity index (χ1v) is 7.70. The molecule has 0 aliphatic carbocycles. The minimum absolute atomic E-state index is 0.263. The van der Waals surface area contributed by atoms with Gasteiger partial charge >= 0.3 is 12.1 Å². The van der Waals surface area contributed by atoms with Gasteiger partial charge in [0.15, 0.2) is 0 Å². The molecule has 0 heterocycles. The largest absolute Gasteiger partial charge is 0.480 e. The molecular formula is C15H29NO4. The summed E-state index contributed by atoms with van der Waals surface area (Å²) in [5.41, 5.74) is 0. The smallest absolute Gasteiger partial charge is 0.410 e.